The van der Waals surface area contributed by atoms with Crippen molar-refractivity contribution in [2.75, 3.05) is 7.11 Å². The number of benzene rings is 2. The fourth-order valence-electron chi connectivity index (χ4n) is 1.56. The van der Waals surface area contributed by atoms with E-state index in [0.29, 0.717) is 5.56 Å². The largest absolute Gasteiger partial charge is 0.497 e. The number of hydrogen-bond donors (Lipinski definition) is 0. The molecule has 1 nitrogen and oxygen atoms in total. The molecule has 86 valence electrons. The maximum absolute atomic E-state index is 13.9. The standard InChI is InChI=1S/C15H13FO/c1-17-14-9-5-6-12(10-14)11-15(16)13-7-3-2-4-8-13/h2-11H,1H3/b15-11-. The summed E-state index contributed by atoms with van der Waals surface area (Å²) in [5, 5.41) is 0. The molecule has 0 heterocycles. The van der Waals surface area contributed by atoms with Gasteiger partial charge in [-0.25, -0.2) is 4.39 Å². The molecule has 0 N–H and O–H groups in total. The summed E-state index contributed by atoms with van der Waals surface area (Å²) in [7, 11) is 1.59. The lowest BCUT2D eigenvalue weighted by molar-refractivity contribution is 0.414. The fraction of sp³-hybridized carbons (Fsp3) is 0.0667. The van der Waals surface area contributed by atoms with Gasteiger partial charge in [0.15, 0.2) is 0 Å². The van der Waals surface area contributed by atoms with Gasteiger partial charge in [0.2, 0.25) is 0 Å². The third kappa shape index (κ3) is 2.94. The molecule has 0 saturated heterocycles. The highest BCUT2D eigenvalue weighted by Crippen LogP contribution is 2.21. The smallest absolute Gasteiger partial charge is 0.131 e. The monoisotopic (exact) mass is 228 g/mol. The second-order valence-corrected chi connectivity index (χ2v) is 3.63. The van der Waals surface area contributed by atoms with E-state index < -0.39 is 0 Å². The SMILES string of the molecule is COc1cccc(/C=C(\F)c2ccccc2)c1. The van der Waals surface area contributed by atoms with E-state index in [1.54, 1.807) is 25.3 Å². The number of hydrogen-bond acceptors (Lipinski definition) is 1. The van der Waals surface area contributed by atoms with Crippen molar-refractivity contribution >= 4 is 11.9 Å². The molecule has 0 aliphatic rings. The number of ether oxygens (including phenoxy) is 1. The van der Waals surface area contributed by atoms with E-state index in [2.05, 4.69) is 0 Å². The molecule has 0 bridgehead atoms. The molecular weight excluding hydrogens is 215 g/mol. The van der Waals surface area contributed by atoms with Crippen LogP contribution in [0.3, 0.4) is 0 Å². The summed E-state index contributed by atoms with van der Waals surface area (Å²) in [5.41, 5.74) is 1.36. The molecule has 2 aromatic carbocycles. The normalized spacial score (nSPS) is 11.3. The quantitative estimate of drug-likeness (QED) is 0.717. The molecule has 0 saturated carbocycles. The summed E-state index contributed by atoms with van der Waals surface area (Å²) in [6, 6.07) is 16.3. The summed E-state index contributed by atoms with van der Waals surface area (Å²) in [4.78, 5) is 0. The van der Waals surface area contributed by atoms with Gasteiger partial charge in [-0.3, -0.25) is 0 Å². The third-order valence-electron chi connectivity index (χ3n) is 2.44. The zero-order valence-electron chi connectivity index (χ0n) is 9.56. The van der Waals surface area contributed by atoms with Gasteiger partial charge in [0.05, 0.1) is 7.11 Å². The van der Waals surface area contributed by atoms with Crippen molar-refractivity contribution < 1.29 is 9.13 Å². The van der Waals surface area contributed by atoms with Crippen LogP contribution in [0.5, 0.6) is 5.75 Å². The molecule has 0 atom stereocenters. The highest BCUT2D eigenvalue weighted by molar-refractivity contribution is 5.76. The van der Waals surface area contributed by atoms with Gasteiger partial charge in [0.25, 0.3) is 0 Å². The van der Waals surface area contributed by atoms with E-state index in [1.165, 1.54) is 6.08 Å². The number of methoxy groups -OCH3 is 1. The van der Waals surface area contributed by atoms with E-state index >= 15 is 0 Å². The molecule has 0 aromatic heterocycles. The molecule has 0 amide bonds. The molecule has 2 aromatic rings. The third-order valence-corrected chi connectivity index (χ3v) is 2.44. The lowest BCUT2D eigenvalue weighted by Crippen LogP contribution is -1.83. The van der Waals surface area contributed by atoms with E-state index in [1.807, 2.05) is 36.4 Å². The maximum Gasteiger partial charge on any atom is 0.131 e. The Morgan fingerprint density at radius 3 is 2.53 bits per heavy atom. The second-order valence-electron chi connectivity index (χ2n) is 3.63. The average molecular weight is 228 g/mol. The van der Waals surface area contributed by atoms with Crippen LogP contribution in [0, 0.1) is 0 Å². The van der Waals surface area contributed by atoms with Crippen molar-refractivity contribution in [3.63, 3.8) is 0 Å². The zero-order chi connectivity index (χ0) is 12.1. The van der Waals surface area contributed by atoms with Crippen LogP contribution < -0.4 is 4.74 Å². The molecule has 0 spiro atoms. The maximum atomic E-state index is 13.9. The lowest BCUT2D eigenvalue weighted by Gasteiger charge is -2.01. The van der Waals surface area contributed by atoms with Crippen LogP contribution >= 0.6 is 0 Å². The number of halogens is 1. The molecule has 2 heteroatoms. The molecule has 17 heavy (non-hydrogen) atoms. The van der Waals surface area contributed by atoms with Crippen LogP contribution in [0.2, 0.25) is 0 Å². The molecule has 2 rings (SSSR count). The van der Waals surface area contributed by atoms with E-state index in [-0.39, 0.29) is 5.83 Å². The Bertz CT molecular complexity index is 517. The first-order valence-corrected chi connectivity index (χ1v) is 5.36. The van der Waals surface area contributed by atoms with Crippen LogP contribution in [0.15, 0.2) is 54.6 Å². The van der Waals surface area contributed by atoms with Crippen molar-refractivity contribution in [2.45, 2.75) is 0 Å². The minimum atomic E-state index is -0.251. The Morgan fingerprint density at radius 2 is 1.82 bits per heavy atom. The Balaban J connectivity index is 2.29. The summed E-state index contributed by atoms with van der Waals surface area (Å²) in [6.45, 7) is 0. The molecule has 0 aliphatic carbocycles. The Hall–Kier alpha value is -2.09. The summed E-state index contributed by atoms with van der Waals surface area (Å²) in [5.74, 6) is 0.471. The van der Waals surface area contributed by atoms with Gasteiger partial charge >= 0.3 is 0 Å². The van der Waals surface area contributed by atoms with Crippen LogP contribution in [-0.2, 0) is 0 Å². The van der Waals surface area contributed by atoms with Crippen LogP contribution in [0.4, 0.5) is 4.39 Å². The summed E-state index contributed by atoms with van der Waals surface area (Å²) >= 11 is 0. The van der Waals surface area contributed by atoms with Crippen molar-refractivity contribution in [1.82, 2.24) is 0 Å². The zero-order valence-corrected chi connectivity index (χ0v) is 9.56. The number of rotatable bonds is 3. The van der Waals surface area contributed by atoms with Crippen molar-refractivity contribution in [3.8, 4) is 5.75 Å². The predicted molar refractivity (Wildman–Crippen MR) is 68.4 cm³/mol. The molecule has 0 fully saturated rings. The molecule has 0 unspecified atom stereocenters. The van der Waals surface area contributed by atoms with E-state index in [9.17, 15) is 4.39 Å². The van der Waals surface area contributed by atoms with Crippen LogP contribution in [0.25, 0.3) is 11.9 Å². The molecular formula is C15H13FO. The first-order valence-electron chi connectivity index (χ1n) is 5.36. The van der Waals surface area contributed by atoms with Crippen LogP contribution in [-0.4, -0.2) is 7.11 Å². The van der Waals surface area contributed by atoms with Crippen molar-refractivity contribution in [2.24, 2.45) is 0 Å². The lowest BCUT2D eigenvalue weighted by atomic mass is 10.1. The summed E-state index contributed by atoms with van der Waals surface area (Å²) < 4.78 is 19.0. The Morgan fingerprint density at radius 1 is 1.06 bits per heavy atom. The van der Waals surface area contributed by atoms with Crippen molar-refractivity contribution in [3.05, 3.63) is 65.7 Å². The molecule has 0 aliphatic heterocycles. The predicted octanol–water partition coefficient (Wildman–Crippen LogP) is 4.16. The van der Waals surface area contributed by atoms with Gasteiger partial charge in [-0.15, -0.1) is 0 Å². The summed E-state index contributed by atoms with van der Waals surface area (Å²) in [6.07, 6.45) is 1.50. The van der Waals surface area contributed by atoms with Gasteiger partial charge < -0.3 is 4.74 Å². The first kappa shape index (κ1) is 11.4. The second kappa shape index (κ2) is 5.30. The fourth-order valence-corrected chi connectivity index (χ4v) is 1.56. The van der Waals surface area contributed by atoms with Gasteiger partial charge in [0, 0.05) is 5.56 Å². The molecule has 0 radical (unpaired) electrons. The van der Waals surface area contributed by atoms with Crippen molar-refractivity contribution in [1.29, 1.82) is 0 Å². The highest BCUT2D eigenvalue weighted by Gasteiger charge is 2.00. The van der Waals surface area contributed by atoms with E-state index in [4.69, 9.17) is 4.74 Å². The van der Waals surface area contributed by atoms with Gasteiger partial charge in [-0.2, -0.15) is 0 Å². The van der Waals surface area contributed by atoms with E-state index in [0.717, 1.165) is 11.3 Å². The van der Waals surface area contributed by atoms with Gasteiger partial charge in [-0.1, -0.05) is 42.5 Å². The first-order chi connectivity index (χ1) is 8.29. The Labute approximate surface area is 100 Å². The average Bonchev–Trinajstić information content (AvgIpc) is 2.40. The van der Waals surface area contributed by atoms with Crippen LogP contribution in [0.1, 0.15) is 11.1 Å². The topological polar surface area (TPSA) is 9.23 Å². The minimum absolute atomic E-state index is 0.251. The minimum Gasteiger partial charge on any atom is -0.497 e. The Kier molecular flexibility index (Phi) is 3.55. The van der Waals surface area contributed by atoms with Gasteiger partial charge in [-0.05, 0) is 23.8 Å². The highest BCUT2D eigenvalue weighted by atomic mass is 19.1. The van der Waals surface area contributed by atoms with Gasteiger partial charge in [0.1, 0.15) is 11.6 Å².